The van der Waals surface area contributed by atoms with Crippen LogP contribution in [-0.2, 0) is 16.6 Å². The molecule has 0 radical (unpaired) electrons. The fourth-order valence-electron chi connectivity index (χ4n) is 4.28. The summed E-state index contributed by atoms with van der Waals surface area (Å²) in [5.41, 5.74) is 10.2. The van der Waals surface area contributed by atoms with Crippen molar-refractivity contribution in [2.24, 2.45) is 0 Å². The van der Waals surface area contributed by atoms with Gasteiger partial charge in [0.05, 0.1) is 11.1 Å². The average molecular weight is 586 g/mol. The fraction of sp³-hybridized carbons (Fsp3) is 0.0370. The van der Waals surface area contributed by atoms with E-state index in [-0.39, 0.29) is 11.4 Å². The maximum atomic E-state index is 13.1. The molecule has 0 unspecified atom stereocenters. The molecule has 9 nitrogen and oxygen atoms in total. The van der Waals surface area contributed by atoms with Crippen LogP contribution in [0.25, 0.3) is 39.1 Å². The first-order valence-corrected chi connectivity index (χ1v) is 13.9. The zero-order chi connectivity index (χ0) is 26.3. The maximum absolute atomic E-state index is 13.1. The van der Waals surface area contributed by atoms with E-state index in [0.717, 1.165) is 21.1 Å². The van der Waals surface area contributed by atoms with Crippen molar-refractivity contribution in [3.63, 3.8) is 0 Å². The normalized spacial score (nSPS) is 11.8. The predicted octanol–water partition coefficient (Wildman–Crippen LogP) is 4.85. The van der Waals surface area contributed by atoms with E-state index in [1.807, 2.05) is 53.1 Å². The van der Waals surface area contributed by atoms with Gasteiger partial charge in [0.1, 0.15) is 16.2 Å². The molecule has 0 aliphatic carbocycles. The second-order valence-electron chi connectivity index (χ2n) is 8.53. The van der Waals surface area contributed by atoms with Gasteiger partial charge in [0.15, 0.2) is 11.5 Å². The zero-order valence-corrected chi connectivity index (χ0v) is 22.2. The molecule has 188 valence electrons. The number of aromatic nitrogens is 5. The summed E-state index contributed by atoms with van der Waals surface area (Å²) in [5.74, 6) is 0.963. The Balaban J connectivity index is 1.33. The Bertz CT molecular complexity index is 1920. The minimum absolute atomic E-state index is 0.115. The molecule has 0 saturated heterocycles. The lowest BCUT2D eigenvalue weighted by atomic mass is 10.2. The van der Waals surface area contributed by atoms with Crippen molar-refractivity contribution in [2.45, 2.75) is 11.4 Å². The second-order valence-corrected chi connectivity index (χ2v) is 11.2. The van der Waals surface area contributed by atoms with Crippen LogP contribution in [-0.4, -0.2) is 32.9 Å². The summed E-state index contributed by atoms with van der Waals surface area (Å²) in [4.78, 5) is 18.0. The van der Waals surface area contributed by atoms with Crippen molar-refractivity contribution in [3.8, 4) is 17.1 Å². The van der Waals surface area contributed by atoms with Crippen molar-refractivity contribution in [3.05, 3.63) is 101 Å². The van der Waals surface area contributed by atoms with Gasteiger partial charge in [-0.15, -0.1) is 0 Å². The zero-order valence-electron chi connectivity index (χ0n) is 19.8. The third kappa shape index (κ3) is 4.40. The molecule has 38 heavy (non-hydrogen) atoms. The minimum Gasteiger partial charge on any atom is -0.383 e. The summed E-state index contributed by atoms with van der Waals surface area (Å²) in [5, 5.41) is 0.762. The number of anilines is 1. The highest BCUT2D eigenvalue weighted by molar-refractivity contribution is 9.10. The third-order valence-corrected chi connectivity index (χ3v) is 7.96. The number of fused-ring (bicyclic) bond motifs is 2. The van der Waals surface area contributed by atoms with Gasteiger partial charge in [-0.05, 0) is 64.0 Å². The highest BCUT2D eigenvalue weighted by Gasteiger charge is 2.20. The maximum Gasteiger partial charge on any atom is 0.243 e. The lowest BCUT2D eigenvalue weighted by Crippen LogP contribution is -2.23. The molecule has 0 spiro atoms. The molecular weight excluding hydrogens is 566 g/mol. The van der Waals surface area contributed by atoms with Crippen LogP contribution in [0.1, 0.15) is 5.56 Å². The van der Waals surface area contributed by atoms with Crippen molar-refractivity contribution in [1.82, 2.24) is 29.2 Å². The highest BCUT2D eigenvalue weighted by atomic mass is 79.9. The Kier molecular flexibility index (Phi) is 6.10. The van der Waals surface area contributed by atoms with E-state index in [1.54, 1.807) is 42.9 Å². The van der Waals surface area contributed by atoms with E-state index in [1.165, 1.54) is 0 Å². The van der Waals surface area contributed by atoms with Gasteiger partial charge in [0, 0.05) is 40.7 Å². The molecule has 0 aliphatic rings. The van der Waals surface area contributed by atoms with Gasteiger partial charge in [0.25, 0.3) is 0 Å². The van der Waals surface area contributed by atoms with Crippen molar-refractivity contribution in [2.75, 3.05) is 5.73 Å². The molecule has 4 aromatic heterocycles. The number of hydrogen-bond acceptors (Lipinski definition) is 7. The summed E-state index contributed by atoms with van der Waals surface area (Å²) in [7, 11) is -3.78. The first kappa shape index (κ1) is 24.2. The first-order valence-electron chi connectivity index (χ1n) is 11.6. The van der Waals surface area contributed by atoms with E-state index < -0.39 is 10.0 Å². The summed E-state index contributed by atoms with van der Waals surface area (Å²) in [6, 6.07) is 21.8. The summed E-state index contributed by atoms with van der Waals surface area (Å²) in [6.07, 6.45) is 4.92. The van der Waals surface area contributed by atoms with Gasteiger partial charge in [-0.25, -0.2) is 28.1 Å². The van der Waals surface area contributed by atoms with Crippen LogP contribution in [0.15, 0.2) is 101 Å². The van der Waals surface area contributed by atoms with Gasteiger partial charge < -0.3 is 5.73 Å². The van der Waals surface area contributed by atoms with Crippen molar-refractivity contribution >= 4 is 53.8 Å². The van der Waals surface area contributed by atoms with Crippen molar-refractivity contribution in [1.29, 1.82) is 0 Å². The molecule has 6 rings (SSSR count). The number of halogens is 1. The van der Waals surface area contributed by atoms with Crippen molar-refractivity contribution < 1.29 is 8.42 Å². The second kappa shape index (κ2) is 9.60. The third-order valence-electron chi connectivity index (χ3n) is 6.09. The number of para-hydroxylation sites is 1. The minimum atomic E-state index is -3.78. The molecule has 0 fully saturated rings. The highest BCUT2D eigenvalue weighted by Crippen LogP contribution is 2.31. The molecule has 3 N–H and O–H groups in total. The number of benzene rings is 2. The molecule has 2 aromatic carbocycles. The molecule has 0 amide bonds. The molecule has 11 heteroatoms. The quantitative estimate of drug-likeness (QED) is 0.285. The van der Waals surface area contributed by atoms with E-state index in [4.69, 9.17) is 10.7 Å². The summed E-state index contributed by atoms with van der Waals surface area (Å²) in [6.45, 7) is 0.115. The van der Waals surface area contributed by atoms with Crippen LogP contribution < -0.4 is 10.5 Å². The van der Waals surface area contributed by atoms with Gasteiger partial charge in [-0.1, -0.05) is 30.3 Å². The number of nitrogens with zero attached hydrogens (tertiary/aromatic N) is 5. The summed E-state index contributed by atoms with van der Waals surface area (Å²) < 4.78 is 31.6. The number of nitrogens with two attached hydrogens (primary N) is 1. The molecular formula is C27H20BrN7O2S. The van der Waals surface area contributed by atoms with Gasteiger partial charge in [-0.2, -0.15) is 0 Å². The Hall–Kier alpha value is -4.19. The van der Waals surface area contributed by atoms with E-state index >= 15 is 0 Å². The first-order chi connectivity index (χ1) is 18.4. The topological polar surface area (TPSA) is 129 Å². The number of hydrogen-bond donors (Lipinski definition) is 2. The fourth-order valence-corrected chi connectivity index (χ4v) is 5.80. The molecule has 0 saturated carbocycles. The molecule has 0 bridgehead atoms. The van der Waals surface area contributed by atoms with E-state index in [9.17, 15) is 8.42 Å². The molecule has 4 heterocycles. The van der Waals surface area contributed by atoms with Gasteiger partial charge in [-0.3, -0.25) is 9.55 Å². The smallest absolute Gasteiger partial charge is 0.243 e. The Morgan fingerprint density at radius 2 is 1.68 bits per heavy atom. The number of sulfonamides is 1. The summed E-state index contributed by atoms with van der Waals surface area (Å²) >= 11 is 3.46. The van der Waals surface area contributed by atoms with Crippen LogP contribution in [0.2, 0.25) is 0 Å². The van der Waals surface area contributed by atoms with Crippen LogP contribution in [0.4, 0.5) is 5.82 Å². The Morgan fingerprint density at radius 3 is 2.50 bits per heavy atom. The van der Waals surface area contributed by atoms with Gasteiger partial charge in [0.2, 0.25) is 10.0 Å². The largest absolute Gasteiger partial charge is 0.383 e. The average Bonchev–Trinajstić information content (AvgIpc) is 3.30. The van der Waals surface area contributed by atoms with Crippen LogP contribution in [0.3, 0.4) is 0 Å². The predicted molar refractivity (Wildman–Crippen MR) is 150 cm³/mol. The van der Waals surface area contributed by atoms with Gasteiger partial charge >= 0.3 is 0 Å². The van der Waals surface area contributed by atoms with E-state index in [2.05, 4.69) is 35.6 Å². The molecule has 0 aliphatic heterocycles. The number of imidazole rings is 1. The van der Waals surface area contributed by atoms with E-state index in [0.29, 0.717) is 33.9 Å². The number of pyridine rings is 3. The number of nitrogen functional groups attached to an aromatic ring is 1. The SMILES string of the molecule is Nc1ncccc1-c1nc2cc(Br)cnc2n1-c1ccc(CNS(=O)(=O)c2cccc3cccnc23)cc1. The monoisotopic (exact) mass is 585 g/mol. The molecule has 6 aromatic rings. The van der Waals surface area contributed by atoms with Crippen LogP contribution in [0.5, 0.6) is 0 Å². The Morgan fingerprint density at radius 1 is 0.921 bits per heavy atom. The standard InChI is InChI=1S/C27H20BrN7O2S/c28-19-14-22-27(32-16-19)35(26(34-22)21-6-3-13-31-25(21)29)20-10-8-17(9-11-20)15-33-38(36,37)23-7-1-4-18-5-2-12-30-24(18)23/h1-14,16,33H,15H2,(H2,29,31). The van der Waals surface area contributed by atoms with Crippen LogP contribution in [0, 0.1) is 0 Å². The lowest BCUT2D eigenvalue weighted by Gasteiger charge is -2.12. The number of nitrogens with one attached hydrogen (secondary N) is 1. The molecule has 0 atom stereocenters. The van der Waals surface area contributed by atoms with Crippen LogP contribution >= 0.6 is 15.9 Å². The lowest BCUT2D eigenvalue weighted by molar-refractivity contribution is 0.582. The Labute approximate surface area is 226 Å². The number of rotatable bonds is 6.